The third-order valence-electron chi connectivity index (χ3n) is 4.23. The second-order valence-corrected chi connectivity index (χ2v) is 8.09. The van der Waals surface area contributed by atoms with Gasteiger partial charge in [0.2, 0.25) is 0 Å². The summed E-state index contributed by atoms with van der Waals surface area (Å²) >= 11 is 3.99. The molecule has 2 aromatic heterocycles. The van der Waals surface area contributed by atoms with Crippen LogP contribution >= 0.6 is 34.4 Å². The maximum absolute atomic E-state index is 6.02. The Balaban J connectivity index is 1.73. The van der Waals surface area contributed by atoms with E-state index in [1.807, 2.05) is 0 Å². The fourth-order valence-corrected chi connectivity index (χ4v) is 4.74. The molecule has 0 unspecified atom stereocenters. The van der Waals surface area contributed by atoms with Crippen molar-refractivity contribution in [2.45, 2.75) is 29.9 Å². The van der Waals surface area contributed by atoms with E-state index in [1.54, 1.807) is 11.8 Å². The van der Waals surface area contributed by atoms with Crippen molar-refractivity contribution in [3.63, 3.8) is 0 Å². The SMILES string of the molecule is CCNCCn1c(Sc2cc3c(cc2I)CCO3)nc2c(N)ncnc21. The lowest BCUT2D eigenvalue weighted by Crippen LogP contribution is -2.19. The number of rotatable bonds is 6. The van der Waals surface area contributed by atoms with Gasteiger partial charge >= 0.3 is 0 Å². The van der Waals surface area contributed by atoms with Crippen LogP contribution in [0.1, 0.15) is 12.5 Å². The lowest BCUT2D eigenvalue weighted by Gasteiger charge is -2.10. The van der Waals surface area contributed by atoms with Crippen molar-refractivity contribution in [3.05, 3.63) is 27.6 Å². The van der Waals surface area contributed by atoms with Gasteiger partial charge in [-0.25, -0.2) is 15.0 Å². The van der Waals surface area contributed by atoms with Crippen LogP contribution in [0.15, 0.2) is 28.5 Å². The van der Waals surface area contributed by atoms with Gasteiger partial charge in [-0.15, -0.1) is 0 Å². The molecule has 0 saturated heterocycles. The molecular weight excluding hydrogens is 463 g/mol. The van der Waals surface area contributed by atoms with Gasteiger partial charge in [0.15, 0.2) is 22.1 Å². The van der Waals surface area contributed by atoms with Gasteiger partial charge in [0.25, 0.3) is 0 Å². The monoisotopic (exact) mass is 482 g/mol. The normalized spacial score (nSPS) is 13.2. The highest BCUT2D eigenvalue weighted by atomic mass is 127. The zero-order valence-electron chi connectivity index (χ0n) is 14.3. The Hall–Kier alpha value is -1.59. The van der Waals surface area contributed by atoms with Gasteiger partial charge in [-0.3, -0.25) is 0 Å². The van der Waals surface area contributed by atoms with Crippen molar-refractivity contribution in [1.82, 2.24) is 24.8 Å². The van der Waals surface area contributed by atoms with E-state index in [2.05, 4.69) is 61.5 Å². The molecule has 0 aliphatic carbocycles. The smallest absolute Gasteiger partial charge is 0.175 e. The minimum absolute atomic E-state index is 0.408. The molecule has 4 rings (SSSR count). The van der Waals surface area contributed by atoms with Crippen LogP contribution in [0.2, 0.25) is 0 Å². The molecule has 0 amide bonds. The Bertz CT molecular complexity index is 960. The largest absolute Gasteiger partial charge is 0.493 e. The predicted molar refractivity (Wildman–Crippen MR) is 111 cm³/mol. The molecule has 0 bridgehead atoms. The summed E-state index contributed by atoms with van der Waals surface area (Å²) in [6.07, 6.45) is 2.47. The average Bonchev–Trinajstić information content (AvgIpc) is 3.21. The summed E-state index contributed by atoms with van der Waals surface area (Å²) in [5, 5.41) is 4.21. The predicted octanol–water partition coefficient (Wildman–Crippen LogP) is 2.71. The van der Waals surface area contributed by atoms with E-state index >= 15 is 0 Å². The van der Waals surface area contributed by atoms with Crippen molar-refractivity contribution in [1.29, 1.82) is 0 Å². The zero-order chi connectivity index (χ0) is 18.1. The number of nitrogens with one attached hydrogen (secondary N) is 1. The van der Waals surface area contributed by atoms with Crippen LogP contribution in [0.3, 0.4) is 0 Å². The fraction of sp³-hybridized carbons (Fsp3) is 0.353. The van der Waals surface area contributed by atoms with Crippen LogP contribution in [0.5, 0.6) is 5.75 Å². The van der Waals surface area contributed by atoms with E-state index in [0.717, 1.165) is 54.1 Å². The molecule has 3 heterocycles. The number of likely N-dealkylation sites (N-methyl/N-ethyl adjacent to an activating group) is 1. The molecular formula is C17H19IN6OS. The molecule has 3 aromatic rings. The number of nitrogen functional groups attached to an aromatic ring is 1. The number of imidazole rings is 1. The third kappa shape index (κ3) is 3.35. The van der Waals surface area contributed by atoms with E-state index in [0.29, 0.717) is 11.3 Å². The first-order chi connectivity index (χ1) is 12.7. The van der Waals surface area contributed by atoms with Gasteiger partial charge in [0.1, 0.15) is 12.1 Å². The summed E-state index contributed by atoms with van der Waals surface area (Å²) in [5.74, 6) is 1.38. The number of nitrogens with two attached hydrogens (primary N) is 1. The number of hydrogen-bond acceptors (Lipinski definition) is 7. The summed E-state index contributed by atoms with van der Waals surface area (Å²) < 4.78 is 9.02. The van der Waals surface area contributed by atoms with Crippen molar-refractivity contribution in [2.75, 3.05) is 25.4 Å². The highest BCUT2D eigenvalue weighted by Crippen LogP contribution is 2.38. The lowest BCUT2D eigenvalue weighted by molar-refractivity contribution is 0.356. The Labute approximate surface area is 169 Å². The zero-order valence-corrected chi connectivity index (χ0v) is 17.3. The molecule has 3 N–H and O–H groups in total. The number of fused-ring (bicyclic) bond motifs is 2. The van der Waals surface area contributed by atoms with Gasteiger partial charge in [-0.1, -0.05) is 18.7 Å². The molecule has 1 aliphatic rings. The first kappa shape index (κ1) is 17.8. The number of anilines is 1. The molecule has 9 heteroatoms. The molecule has 1 aromatic carbocycles. The second kappa shape index (κ2) is 7.57. The van der Waals surface area contributed by atoms with Gasteiger partial charge in [-0.2, -0.15) is 0 Å². The number of hydrogen-bond donors (Lipinski definition) is 2. The molecule has 0 spiro atoms. The number of nitrogens with zero attached hydrogens (tertiary/aromatic N) is 4. The van der Waals surface area contributed by atoms with Crippen LogP contribution in [-0.2, 0) is 13.0 Å². The Morgan fingerprint density at radius 3 is 3.12 bits per heavy atom. The quantitative estimate of drug-likeness (QED) is 0.413. The number of ether oxygens (including phenoxy) is 1. The van der Waals surface area contributed by atoms with Crippen molar-refractivity contribution < 1.29 is 4.74 Å². The summed E-state index contributed by atoms with van der Waals surface area (Å²) in [4.78, 5) is 14.3. The van der Waals surface area contributed by atoms with E-state index in [4.69, 9.17) is 15.5 Å². The standard InChI is InChI=1S/C17H19IN6OS/c1-2-20-4-5-24-16-14(15(19)21-9-22-16)23-17(24)26-13-8-12-10(3-6-25-12)7-11(13)18/h7-9,20H,2-6H2,1H3,(H2,19,21,22). The summed E-state index contributed by atoms with van der Waals surface area (Å²) in [7, 11) is 0. The van der Waals surface area contributed by atoms with E-state index in [-0.39, 0.29) is 0 Å². The highest BCUT2D eigenvalue weighted by molar-refractivity contribution is 14.1. The second-order valence-electron chi connectivity index (χ2n) is 5.92. The molecule has 136 valence electrons. The maximum atomic E-state index is 6.02. The molecule has 1 aliphatic heterocycles. The molecule has 0 atom stereocenters. The minimum atomic E-state index is 0.408. The minimum Gasteiger partial charge on any atom is -0.493 e. The summed E-state index contributed by atoms with van der Waals surface area (Å²) in [5.41, 5.74) is 8.71. The third-order valence-corrected chi connectivity index (χ3v) is 6.54. The topological polar surface area (TPSA) is 90.9 Å². The van der Waals surface area contributed by atoms with Crippen LogP contribution in [0, 0.1) is 3.57 Å². The number of benzene rings is 1. The molecule has 0 fully saturated rings. The highest BCUT2D eigenvalue weighted by Gasteiger charge is 2.19. The molecule has 0 saturated carbocycles. The Morgan fingerprint density at radius 1 is 1.38 bits per heavy atom. The van der Waals surface area contributed by atoms with Gasteiger partial charge in [0.05, 0.1) is 6.61 Å². The number of halogens is 1. The van der Waals surface area contributed by atoms with Crippen LogP contribution in [0.25, 0.3) is 11.2 Å². The van der Waals surface area contributed by atoms with Gasteiger partial charge < -0.3 is 20.4 Å². The van der Waals surface area contributed by atoms with Crippen molar-refractivity contribution in [2.24, 2.45) is 0 Å². The Kier molecular flexibility index (Phi) is 5.18. The maximum Gasteiger partial charge on any atom is 0.175 e. The van der Waals surface area contributed by atoms with Crippen LogP contribution in [0.4, 0.5) is 5.82 Å². The summed E-state index contributed by atoms with van der Waals surface area (Å²) in [6, 6.07) is 4.31. The molecule has 26 heavy (non-hydrogen) atoms. The van der Waals surface area contributed by atoms with E-state index in [9.17, 15) is 0 Å². The first-order valence-electron chi connectivity index (χ1n) is 8.48. The first-order valence-corrected chi connectivity index (χ1v) is 10.4. The fourth-order valence-electron chi connectivity index (χ4n) is 2.93. The van der Waals surface area contributed by atoms with Crippen molar-refractivity contribution in [3.8, 4) is 5.75 Å². The summed E-state index contributed by atoms with van der Waals surface area (Å²) in [6.45, 7) is 5.37. The molecule has 7 nitrogen and oxygen atoms in total. The van der Waals surface area contributed by atoms with E-state index in [1.165, 1.54) is 15.5 Å². The van der Waals surface area contributed by atoms with E-state index < -0.39 is 0 Å². The van der Waals surface area contributed by atoms with Crippen molar-refractivity contribution >= 4 is 51.3 Å². The molecule has 0 radical (unpaired) electrons. The van der Waals surface area contributed by atoms with Crippen LogP contribution in [-0.4, -0.2) is 39.2 Å². The lowest BCUT2D eigenvalue weighted by atomic mass is 10.2. The average molecular weight is 482 g/mol. The number of aromatic nitrogens is 4. The van der Waals surface area contributed by atoms with Crippen LogP contribution < -0.4 is 15.8 Å². The Morgan fingerprint density at radius 2 is 2.27 bits per heavy atom. The van der Waals surface area contributed by atoms with Gasteiger partial charge in [-0.05, 0) is 46.8 Å². The van der Waals surface area contributed by atoms with Gasteiger partial charge in [0, 0.05) is 28.0 Å².